The lowest BCUT2D eigenvalue weighted by atomic mass is 10.1. The number of pyridine rings is 1. The highest BCUT2D eigenvalue weighted by molar-refractivity contribution is 7.15. The molecule has 6 heteroatoms. The van der Waals surface area contributed by atoms with Crippen LogP contribution >= 0.6 is 11.3 Å². The van der Waals surface area contributed by atoms with E-state index in [1.807, 2.05) is 0 Å². The second-order valence-electron chi connectivity index (χ2n) is 4.99. The smallest absolute Gasteiger partial charge is 0.358 e. The van der Waals surface area contributed by atoms with Gasteiger partial charge in [-0.2, -0.15) is 0 Å². The van der Waals surface area contributed by atoms with E-state index in [1.165, 1.54) is 17.4 Å². The molecule has 0 spiro atoms. The number of rotatable bonds is 5. The predicted molar refractivity (Wildman–Crippen MR) is 81.5 cm³/mol. The Hall–Kier alpha value is -1.95. The number of hydrogen-bond donors (Lipinski definition) is 1. The standard InChI is InChI=1S/C15H18N2O3S/c1-4-20-15(19)13-11(8-9(2)3)21-14(17-13)10-6-5-7-12(18)16-10/h5-7,9H,4,8H2,1-3H3,(H,16,18). The molecular weight excluding hydrogens is 288 g/mol. The Kier molecular flexibility index (Phi) is 4.90. The summed E-state index contributed by atoms with van der Waals surface area (Å²) >= 11 is 1.42. The van der Waals surface area contributed by atoms with Crippen molar-refractivity contribution in [3.8, 4) is 16.6 Å². The van der Waals surface area contributed by atoms with Crippen molar-refractivity contribution in [1.29, 1.82) is 0 Å². The van der Waals surface area contributed by atoms with Gasteiger partial charge in [0.05, 0.1) is 6.61 Å². The quantitative estimate of drug-likeness (QED) is 0.858. The van der Waals surface area contributed by atoms with E-state index in [-0.39, 0.29) is 5.88 Å². The molecule has 0 aliphatic rings. The molecule has 0 aliphatic heterocycles. The highest BCUT2D eigenvalue weighted by Gasteiger charge is 2.21. The topological polar surface area (TPSA) is 72.3 Å². The number of carbonyl (C=O) groups excluding carboxylic acids is 1. The van der Waals surface area contributed by atoms with Crippen molar-refractivity contribution < 1.29 is 14.6 Å². The molecule has 5 nitrogen and oxygen atoms in total. The first kappa shape index (κ1) is 15.4. The second-order valence-corrected chi connectivity index (χ2v) is 6.07. The van der Waals surface area contributed by atoms with E-state index in [1.54, 1.807) is 19.1 Å². The number of nitrogens with zero attached hydrogens (tertiary/aromatic N) is 2. The van der Waals surface area contributed by atoms with E-state index in [9.17, 15) is 9.90 Å². The number of hydrogen-bond acceptors (Lipinski definition) is 6. The zero-order valence-electron chi connectivity index (χ0n) is 12.3. The van der Waals surface area contributed by atoms with E-state index >= 15 is 0 Å². The Labute approximate surface area is 127 Å². The first-order valence-electron chi connectivity index (χ1n) is 6.84. The molecule has 0 bridgehead atoms. The molecule has 0 saturated heterocycles. The number of ether oxygens (including phenoxy) is 1. The minimum atomic E-state index is -0.407. The summed E-state index contributed by atoms with van der Waals surface area (Å²) in [6.07, 6.45) is 0.755. The van der Waals surface area contributed by atoms with Crippen LogP contribution in [-0.2, 0) is 11.2 Å². The maximum atomic E-state index is 12.0. The fourth-order valence-corrected chi connectivity index (χ4v) is 3.10. The van der Waals surface area contributed by atoms with E-state index in [0.717, 1.165) is 11.3 Å². The third-order valence-electron chi connectivity index (χ3n) is 2.71. The largest absolute Gasteiger partial charge is 0.493 e. The maximum Gasteiger partial charge on any atom is 0.358 e. The molecule has 2 heterocycles. The third-order valence-corrected chi connectivity index (χ3v) is 3.81. The number of esters is 1. The van der Waals surface area contributed by atoms with E-state index in [4.69, 9.17) is 4.74 Å². The number of thiazole rings is 1. The third kappa shape index (κ3) is 3.78. The van der Waals surface area contributed by atoms with E-state index in [2.05, 4.69) is 23.8 Å². The lowest BCUT2D eigenvalue weighted by molar-refractivity contribution is 0.0519. The summed E-state index contributed by atoms with van der Waals surface area (Å²) in [7, 11) is 0. The van der Waals surface area contributed by atoms with Gasteiger partial charge in [0.15, 0.2) is 5.69 Å². The van der Waals surface area contributed by atoms with Gasteiger partial charge in [0.2, 0.25) is 5.88 Å². The van der Waals surface area contributed by atoms with Crippen LogP contribution in [0.2, 0.25) is 0 Å². The van der Waals surface area contributed by atoms with Crippen molar-refractivity contribution >= 4 is 17.3 Å². The maximum absolute atomic E-state index is 12.0. The Bertz CT molecular complexity index is 638. The van der Waals surface area contributed by atoms with Gasteiger partial charge < -0.3 is 9.84 Å². The van der Waals surface area contributed by atoms with Gasteiger partial charge in [-0.05, 0) is 25.3 Å². The summed E-state index contributed by atoms with van der Waals surface area (Å²) in [5.74, 6) is -0.0646. The normalized spacial score (nSPS) is 10.9. The van der Waals surface area contributed by atoms with Crippen molar-refractivity contribution in [2.45, 2.75) is 27.2 Å². The van der Waals surface area contributed by atoms with Crippen LogP contribution in [0.4, 0.5) is 0 Å². The van der Waals surface area contributed by atoms with Crippen LogP contribution in [0, 0.1) is 5.92 Å². The highest BCUT2D eigenvalue weighted by Crippen LogP contribution is 2.30. The average molecular weight is 306 g/mol. The highest BCUT2D eigenvalue weighted by atomic mass is 32.1. The van der Waals surface area contributed by atoms with Crippen molar-refractivity contribution in [3.05, 3.63) is 28.8 Å². The molecule has 1 N–H and O–H groups in total. The molecule has 0 unspecified atom stereocenters. The monoisotopic (exact) mass is 306 g/mol. The van der Waals surface area contributed by atoms with Crippen molar-refractivity contribution in [3.63, 3.8) is 0 Å². The summed E-state index contributed by atoms with van der Waals surface area (Å²) in [6.45, 7) is 6.25. The van der Waals surface area contributed by atoms with Crippen LogP contribution in [-0.4, -0.2) is 27.7 Å². The molecule has 0 radical (unpaired) electrons. The minimum Gasteiger partial charge on any atom is -0.493 e. The fourth-order valence-electron chi connectivity index (χ4n) is 1.87. The molecule has 21 heavy (non-hydrogen) atoms. The molecule has 0 aromatic carbocycles. The van der Waals surface area contributed by atoms with Gasteiger partial charge in [-0.1, -0.05) is 19.9 Å². The molecule has 0 fully saturated rings. The van der Waals surface area contributed by atoms with Gasteiger partial charge in [-0.25, -0.2) is 14.8 Å². The fraction of sp³-hybridized carbons (Fsp3) is 0.400. The van der Waals surface area contributed by atoms with Crippen molar-refractivity contribution in [2.75, 3.05) is 6.61 Å². The number of aromatic nitrogens is 2. The van der Waals surface area contributed by atoms with E-state index < -0.39 is 5.97 Å². The molecule has 2 aromatic heterocycles. The van der Waals surface area contributed by atoms with Crippen molar-refractivity contribution in [2.24, 2.45) is 5.92 Å². The molecule has 2 aromatic rings. The van der Waals surface area contributed by atoms with Gasteiger partial charge in [-0.3, -0.25) is 0 Å². The van der Waals surface area contributed by atoms with Gasteiger partial charge in [0.1, 0.15) is 10.7 Å². The van der Waals surface area contributed by atoms with Crippen LogP contribution < -0.4 is 0 Å². The van der Waals surface area contributed by atoms with Crippen LogP contribution in [0.1, 0.15) is 36.1 Å². The Morgan fingerprint density at radius 1 is 1.38 bits per heavy atom. The molecule has 0 aliphatic carbocycles. The molecule has 0 amide bonds. The van der Waals surface area contributed by atoms with E-state index in [0.29, 0.717) is 28.9 Å². The van der Waals surface area contributed by atoms with Crippen LogP contribution in [0.25, 0.3) is 10.7 Å². The minimum absolute atomic E-state index is 0.0641. The molecule has 2 rings (SSSR count). The second kappa shape index (κ2) is 6.67. The van der Waals surface area contributed by atoms with Gasteiger partial charge >= 0.3 is 5.97 Å². The molecular formula is C15H18N2O3S. The summed E-state index contributed by atoms with van der Waals surface area (Å²) in [6, 6.07) is 4.95. The lowest BCUT2D eigenvalue weighted by Crippen LogP contribution is -2.08. The first-order valence-corrected chi connectivity index (χ1v) is 7.66. The summed E-state index contributed by atoms with van der Waals surface area (Å²) in [4.78, 5) is 21.3. The Morgan fingerprint density at radius 2 is 2.14 bits per heavy atom. The molecule has 112 valence electrons. The predicted octanol–water partition coefficient (Wildman–Crippen LogP) is 3.29. The average Bonchev–Trinajstić information content (AvgIpc) is 2.82. The van der Waals surface area contributed by atoms with Crippen LogP contribution in [0.5, 0.6) is 5.88 Å². The SMILES string of the molecule is CCOC(=O)c1nc(-c2cccc(O)n2)sc1CC(C)C. The van der Waals surface area contributed by atoms with Gasteiger partial charge in [-0.15, -0.1) is 11.3 Å². The van der Waals surface area contributed by atoms with Crippen molar-refractivity contribution in [1.82, 2.24) is 9.97 Å². The van der Waals surface area contributed by atoms with Gasteiger partial charge in [0.25, 0.3) is 0 Å². The number of aromatic hydroxyl groups is 1. The van der Waals surface area contributed by atoms with Gasteiger partial charge in [0, 0.05) is 10.9 Å². The number of carbonyl (C=O) groups is 1. The summed E-state index contributed by atoms with van der Waals surface area (Å²) in [5, 5.41) is 10.1. The first-order chi connectivity index (χ1) is 10.0. The zero-order valence-corrected chi connectivity index (χ0v) is 13.1. The zero-order chi connectivity index (χ0) is 15.4. The molecule has 0 saturated carbocycles. The Morgan fingerprint density at radius 3 is 2.76 bits per heavy atom. The summed E-state index contributed by atoms with van der Waals surface area (Å²) in [5.41, 5.74) is 0.913. The lowest BCUT2D eigenvalue weighted by Gasteiger charge is -2.04. The Balaban J connectivity index is 2.42. The summed E-state index contributed by atoms with van der Waals surface area (Å²) < 4.78 is 5.06. The van der Waals surface area contributed by atoms with Crippen LogP contribution in [0.3, 0.4) is 0 Å². The van der Waals surface area contributed by atoms with Crippen LogP contribution in [0.15, 0.2) is 18.2 Å². The molecule has 0 atom stereocenters.